The van der Waals surface area contributed by atoms with Crippen LogP contribution in [0, 0.1) is 5.82 Å². The molecule has 1 aliphatic heterocycles. The van der Waals surface area contributed by atoms with E-state index in [9.17, 15) is 9.18 Å². The summed E-state index contributed by atoms with van der Waals surface area (Å²) in [5, 5.41) is 11.9. The number of hydrogen-bond donors (Lipinski definition) is 0. The largest absolute Gasteiger partial charge is 0.336 e. The third-order valence-corrected chi connectivity index (χ3v) is 5.36. The molecule has 1 saturated heterocycles. The van der Waals surface area contributed by atoms with Gasteiger partial charge in [-0.1, -0.05) is 30.3 Å². The summed E-state index contributed by atoms with van der Waals surface area (Å²) in [6, 6.07) is 14.4. The van der Waals surface area contributed by atoms with Crippen LogP contribution < -0.4 is 0 Å². The highest BCUT2D eigenvalue weighted by molar-refractivity contribution is 5.95. The van der Waals surface area contributed by atoms with E-state index in [1.54, 1.807) is 10.7 Å². The van der Waals surface area contributed by atoms with E-state index in [2.05, 4.69) is 20.4 Å². The van der Waals surface area contributed by atoms with Crippen LogP contribution in [0.2, 0.25) is 0 Å². The zero-order valence-corrected chi connectivity index (χ0v) is 17.2. The number of carbonyl (C=O) groups excluding carboxylic acids is 1. The molecule has 0 atom stereocenters. The molecular formula is C22H25FN6O. The van der Waals surface area contributed by atoms with Gasteiger partial charge in [0.1, 0.15) is 5.82 Å². The molecule has 0 N–H and O–H groups in total. The Labute approximate surface area is 175 Å². The second-order valence-corrected chi connectivity index (χ2v) is 7.78. The third-order valence-electron chi connectivity index (χ3n) is 5.36. The molecule has 3 aromatic rings. The number of aromatic nitrogens is 4. The first kappa shape index (κ1) is 20.2. The number of benzene rings is 2. The average Bonchev–Trinajstić information content (AvgIpc) is 3.26. The van der Waals surface area contributed by atoms with Gasteiger partial charge in [-0.15, -0.1) is 5.10 Å². The molecule has 0 spiro atoms. The molecule has 2 aromatic carbocycles. The highest BCUT2D eigenvalue weighted by Crippen LogP contribution is 2.21. The number of amides is 1. The molecule has 4 rings (SSSR count). The van der Waals surface area contributed by atoms with Gasteiger partial charge in [-0.2, -0.15) is 0 Å². The number of rotatable bonds is 5. The molecule has 1 aliphatic rings. The quantitative estimate of drug-likeness (QED) is 0.649. The SMILES string of the molecule is CC(C)n1nnnc1-c1cccc(C(=O)N2CCN(Cc3ccccc3F)CC2)c1. The summed E-state index contributed by atoms with van der Waals surface area (Å²) in [6.45, 7) is 7.23. The predicted octanol–water partition coefficient (Wildman–Crippen LogP) is 3.02. The standard InChI is InChI=1S/C22H25FN6O/c1-16(2)29-21(24-25-26-29)17-7-5-8-18(14-17)22(30)28-12-10-27(11-13-28)15-19-6-3-4-9-20(19)23/h3-9,14,16H,10-13,15H2,1-2H3. The topological polar surface area (TPSA) is 67.2 Å². The lowest BCUT2D eigenvalue weighted by atomic mass is 10.1. The van der Waals surface area contributed by atoms with E-state index in [1.807, 2.05) is 55.1 Å². The van der Waals surface area contributed by atoms with Crippen molar-refractivity contribution < 1.29 is 9.18 Å². The first-order valence-corrected chi connectivity index (χ1v) is 10.2. The van der Waals surface area contributed by atoms with Crippen LogP contribution in [-0.2, 0) is 6.54 Å². The van der Waals surface area contributed by atoms with Gasteiger partial charge in [-0.05, 0) is 42.5 Å². The van der Waals surface area contributed by atoms with Gasteiger partial charge in [-0.25, -0.2) is 9.07 Å². The van der Waals surface area contributed by atoms with Crippen LogP contribution in [0.4, 0.5) is 4.39 Å². The van der Waals surface area contributed by atoms with Gasteiger partial charge in [-0.3, -0.25) is 9.69 Å². The summed E-state index contributed by atoms with van der Waals surface area (Å²) in [5.41, 5.74) is 2.12. The van der Waals surface area contributed by atoms with Crippen LogP contribution >= 0.6 is 0 Å². The van der Waals surface area contributed by atoms with Crippen LogP contribution in [0.15, 0.2) is 48.5 Å². The molecule has 30 heavy (non-hydrogen) atoms. The smallest absolute Gasteiger partial charge is 0.253 e. The Morgan fingerprint density at radius 2 is 1.83 bits per heavy atom. The Balaban J connectivity index is 1.42. The molecule has 8 heteroatoms. The number of piperazine rings is 1. The van der Waals surface area contributed by atoms with Gasteiger partial charge in [0.05, 0.1) is 6.04 Å². The fraction of sp³-hybridized carbons (Fsp3) is 0.364. The molecule has 0 unspecified atom stereocenters. The average molecular weight is 408 g/mol. The summed E-state index contributed by atoms with van der Waals surface area (Å²) < 4.78 is 15.6. The van der Waals surface area contributed by atoms with Crippen molar-refractivity contribution in [1.82, 2.24) is 30.0 Å². The minimum Gasteiger partial charge on any atom is -0.336 e. The molecule has 1 amide bonds. The van der Waals surface area contributed by atoms with Gasteiger partial charge >= 0.3 is 0 Å². The third kappa shape index (κ3) is 4.23. The molecule has 0 bridgehead atoms. The summed E-state index contributed by atoms with van der Waals surface area (Å²) >= 11 is 0. The summed E-state index contributed by atoms with van der Waals surface area (Å²) in [6.07, 6.45) is 0. The first-order chi connectivity index (χ1) is 14.5. The Kier molecular flexibility index (Phi) is 5.85. The Morgan fingerprint density at radius 1 is 1.07 bits per heavy atom. The van der Waals surface area contributed by atoms with E-state index >= 15 is 0 Å². The lowest BCUT2D eigenvalue weighted by molar-refractivity contribution is 0.0627. The van der Waals surface area contributed by atoms with Gasteiger partial charge in [0, 0.05) is 49.4 Å². The van der Waals surface area contributed by atoms with Gasteiger partial charge < -0.3 is 4.90 Å². The predicted molar refractivity (Wildman–Crippen MR) is 111 cm³/mol. The van der Waals surface area contributed by atoms with Crippen LogP contribution in [-0.4, -0.2) is 62.1 Å². The van der Waals surface area contributed by atoms with Gasteiger partial charge in [0.2, 0.25) is 0 Å². The molecule has 0 aliphatic carbocycles. The lowest BCUT2D eigenvalue weighted by Gasteiger charge is -2.35. The minimum absolute atomic E-state index is 0.00837. The zero-order chi connectivity index (χ0) is 21.1. The number of halogens is 1. The number of tetrazole rings is 1. The Hall–Kier alpha value is -3.13. The number of hydrogen-bond acceptors (Lipinski definition) is 5. The van der Waals surface area contributed by atoms with E-state index in [4.69, 9.17) is 0 Å². The second-order valence-electron chi connectivity index (χ2n) is 7.78. The van der Waals surface area contributed by atoms with Gasteiger partial charge in [0.15, 0.2) is 5.82 Å². The van der Waals surface area contributed by atoms with Gasteiger partial charge in [0.25, 0.3) is 5.91 Å². The van der Waals surface area contributed by atoms with Crippen LogP contribution in [0.25, 0.3) is 11.4 Å². The summed E-state index contributed by atoms with van der Waals surface area (Å²) in [5.74, 6) is 0.455. The van der Waals surface area contributed by atoms with Crippen molar-refractivity contribution >= 4 is 5.91 Å². The molecule has 0 saturated carbocycles. The fourth-order valence-electron chi connectivity index (χ4n) is 3.68. The molecule has 0 radical (unpaired) electrons. The highest BCUT2D eigenvalue weighted by Gasteiger charge is 2.23. The van der Waals surface area contributed by atoms with E-state index < -0.39 is 0 Å². The van der Waals surface area contributed by atoms with E-state index in [0.717, 1.165) is 5.56 Å². The maximum absolute atomic E-state index is 13.9. The van der Waals surface area contributed by atoms with Crippen molar-refractivity contribution in [3.8, 4) is 11.4 Å². The maximum Gasteiger partial charge on any atom is 0.253 e. The minimum atomic E-state index is -0.184. The maximum atomic E-state index is 13.9. The lowest BCUT2D eigenvalue weighted by Crippen LogP contribution is -2.48. The van der Waals surface area contributed by atoms with Crippen LogP contribution in [0.5, 0.6) is 0 Å². The van der Waals surface area contributed by atoms with Crippen molar-refractivity contribution in [3.63, 3.8) is 0 Å². The highest BCUT2D eigenvalue weighted by atomic mass is 19.1. The van der Waals surface area contributed by atoms with E-state index in [1.165, 1.54) is 6.07 Å². The zero-order valence-electron chi connectivity index (χ0n) is 17.2. The molecule has 2 heterocycles. The van der Waals surface area contributed by atoms with Crippen molar-refractivity contribution in [1.29, 1.82) is 0 Å². The van der Waals surface area contributed by atoms with Crippen molar-refractivity contribution in [2.75, 3.05) is 26.2 Å². The Bertz CT molecular complexity index is 1030. The molecular weight excluding hydrogens is 383 g/mol. The van der Waals surface area contributed by atoms with Crippen LogP contribution in [0.1, 0.15) is 35.8 Å². The van der Waals surface area contributed by atoms with Crippen molar-refractivity contribution in [2.24, 2.45) is 0 Å². The van der Waals surface area contributed by atoms with E-state index in [-0.39, 0.29) is 17.8 Å². The normalized spacial score (nSPS) is 15.0. The Morgan fingerprint density at radius 3 is 2.57 bits per heavy atom. The summed E-state index contributed by atoms with van der Waals surface area (Å²) in [7, 11) is 0. The van der Waals surface area contributed by atoms with E-state index in [0.29, 0.717) is 49.7 Å². The van der Waals surface area contributed by atoms with Crippen LogP contribution in [0.3, 0.4) is 0 Å². The number of nitrogens with zero attached hydrogens (tertiary/aromatic N) is 6. The molecule has 1 aromatic heterocycles. The molecule has 156 valence electrons. The van der Waals surface area contributed by atoms with Crippen molar-refractivity contribution in [3.05, 3.63) is 65.5 Å². The first-order valence-electron chi connectivity index (χ1n) is 10.2. The number of carbonyl (C=O) groups is 1. The fourth-order valence-corrected chi connectivity index (χ4v) is 3.68. The second kappa shape index (κ2) is 8.71. The molecule has 7 nitrogen and oxygen atoms in total. The monoisotopic (exact) mass is 408 g/mol. The molecule has 1 fully saturated rings. The van der Waals surface area contributed by atoms with Crippen molar-refractivity contribution in [2.45, 2.75) is 26.4 Å². The summed E-state index contributed by atoms with van der Waals surface area (Å²) in [4.78, 5) is 17.1.